The lowest BCUT2D eigenvalue weighted by atomic mass is 10.5. The molecule has 0 heterocycles. The van der Waals surface area contributed by atoms with Gasteiger partial charge in [0, 0.05) is 5.33 Å². The molecule has 0 nitrogen and oxygen atoms in total. The van der Waals surface area contributed by atoms with Crippen molar-refractivity contribution in [3.63, 3.8) is 0 Å². The molecule has 0 bridgehead atoms. The van der Waals surface area contributed by atoms with Crippen molar-refractivity contribution in [3.05, 3.63) is 12.4 Å². The van der Waals surface area contributed by atoms with Crippen molar-refractivity contribution >= 4 is 15.9 Å². The number of halogens is 2. The van der Waals surface area contributed by atoms with Gasteiger partial charge in [0.15, 0.2) is 0 Å². The molecular weight excluding hydrogens is 147 g/mol. The van der Waals surface area contributed by atoms with Crippen LogP contribution in [0.1, 0.15) is 6.42 Å². The van der Waals surface area contributed by atoms with Crippen molar-refractivity contribution in [1.29, 1.82) is 0 Å². The standard InChI is InChI=1S/C4H6BrF/c5-3-1-2-4-6/h2,4H,1,3H2. The summed E-state index contributed by atoms with van der Waals surface area (Å²) >= 11 is 3.13. The van der Waals surface area contributed by atoms with Gasteiger partial charge in [-0.1, -0.05) is 22.0 Å². The van der Waals surface area contributed by atoms with Crippen LogP contribution in [-0.4, -0.2) is 5.33 Å². The van der Waals surface area contributed by atoms with Crippen LogP contribution in [0.2, 0.25) is 0 Å². The van der Waals surface area contributed by atoms with E-state index < -0.39 is 0 Å². The molecule has 0 unspecified atom stereocenters. The number of hydrogen-bond donors (Lipinski definition) is 0. The smallest absolute Gasteiger partial charge is 0.0827 e. The molecule has 0 rings (SSSR count). The minimum atomic E-state index is 0.557. The van der Waals surface area contributed by atoms with Gasteiger partial charge in [0.1, 0.15) is 0 Å². The molecule has 0 fully saturated rings. The first-order chi connectivity index (χ1) is 2.91. The summed E-state index contributed by atoms with van der Waals surface area (Å²) in [5, 5.41) is 0.841. The Bertz CT molecular complexity index is 42.8. The zero-order valence-electron chi connectivity index (χ0n) is 3.32. The first kappa shape index (κ1) is 6.15. The molecule has 0 saturated carbocycles. The highest BCUT2D eigenvalue weighted by Gasteiger charge is 1.68. The Kier molecular flexibility index (Phi) is 5.28. The van der Waals surface area contributed by atoms with Crippen LogP contribution in [-0.2, 0) is 0 Å². The Morgan fingerprint density at radius 2 is 2.33 bits per heavy atom. The van der Waals surface area contributed by atoms with Crippen LogP contribution in [0.25, 0.3) is 0 Å². The highest BCUT2D eigenvalue weighted by Crippen LogP contribution is 1.87. The molecule has 0 aromatic heterocycles. The lowest BCUT2D eigenvalue weighted by molar-refractivity contribution is 0.716. The highest BCUT2D eigenvalue weighted by molar-refractivity contribution is 9.09. The summed E-state index contributed by atoms with van der Waals surface area (Å²) in [4.78, 5) is 0. The van der Waals surface area contributed by atoms with E-state index in [2.05, 4.69) is 15.9 Å². The number of alkyl halides is 1. The molecule has 0 aliphatic heterocycles. The molecule has 0 atom stereocenters. The summed E-state index contributed by atoms with van der Waals surface area (Å²) in [6.07, 6.45) is 2.80. The molecule has 0 N–H and O–H groups in total. The maximum absolute atomic E-state index is 11.0. The van der Waals surface area contributed by atoms with Gasteiger partial charge >= 0.3 is 0 Å². The molecule has 0 spiro atoms. The van der Waals surface area contributed by atoms with Crippen molar-refractivity contribution in [2.45, 2.75) is 6.42 Å². The zero-order valence-corrected chi connectivity index (χ0v) is 4.91. The Labute approximate surface area is 45.2 Å². The monoisotopic (exact) mass is 152 g/mol. The van der Waals surface area contributed by atoms with Gasteiger partial charge in [-0.2, -0.15) is 0 Å². The molecule has 6 heavy (non-hydrogen) atoms. The van der Waals surface area contributed by atoms with Crippen LogP contribution in [0.5, 0.6) is 0 Å². The fourth-order valence-corrected chi connectivity index (χ4v) is 0.390. The van der Waals surface area contributed by atoms with E-state index in [1.807, 2.05) is 0 Å². The van der Waals surface area contributed by atoms with Crippen molar-refractivity contribution in [2.24, 2.45) is 0 Å². The third kappa shape index (κ3) is 4.15. The molecule has 36 valence electrons. The molecule has 2 heteroatoms. The van der Waals surface area contributed by atoms with Gasteiger partial charge in [0.25, 0.3) is 0 Å². The lowest BCUT2D eigenvalue weighted by Gasteiger charge is -1.72. The molecule has 0 amide bonds. The van der Waals surface area contributed by atoms with E-state index >= 15 is 0 Å². The van der Waals surface area contributed by atoms with E-state index in [4.69, 9.17) is 0 Å². The third-order valence-corrected chi connectivity index (χ3v) is 0.823. The minimum Gasteiger partial charge on any atom is -0.216 e. The van der Waals surface area contributed by atoms with Crippen LogP contribution < -0.4 is 0 Å². The van der Waals surface area contributed by atoms with Gasteiger partial charge < -0.3 is 0 Å². The fraction of sp³-hybridized carbons (Fsp3) is 0.500. The fourth-order valence-electron chi connectivity index (χ4n) is 0.126. The van der Waals surface area contributed by atoms with Gasteiger partial charge in [0.2, 0.25) is 0 Å². The van der Waals surface area contributed by atoms with E-state index in [9.17, 15) is 4.39 Å². The zero-order chi connectivity index (χ0) is 4.83. The SMILES string of the molecule is FC=CCCBr. The van der Waals surface area contributed by atoms with Crippen molar-refractivity contribution in [2.75, 3.05) is 5.33 Å². The minimum absolute atomic E-state index is 0.557. The molecule has 0 aliphatic rings. The molecule has 0 aromatic rings. The predicted molar refractivity (Wildman–Crippen MR) is 28.7 cm³/mol. The first-order valence-electron chi connectivity index (χ1n) is 1.73. The molecule has 0 radical (unpaired) electrons. The van der Waals surface area contributed by atoms with Crippen molar-refractivity contribution in [1.82, 2.24) is 0 Å². The Morgan fingerprint density at radius 3 is 2.50 bits per heavy atom. The number of hydrogen-bond acceptors (Lipinski definition) is 0. The summed E-state index contributed by atoms with van der Waals surface area (Å²) in [6, 6.07) is 0. The Hall–Kier alpha value is 0.150. The van der Waals surface area contributed by atoms with E-state index in [1.165, 1.54) is 6.08 Å². The van der Waals surface area contributed by atoms with E-state index in [0.717, 1.165) is 11.8 Å². The summed E-state index contributed by atoms with van der Waals surface area (Å²) in [5.41, 5.74) is 0. The average molecular weight is 153 g/mol. The largest absolute Gasteiger partial charge is 0.216 e. The van der Waals surface area contributed by atoms with Gasteiger partial charge in [-0.25, -0.2) is 4.39 Å². The summed E-state index contributed by atoms with van der Waals surface area (Å²) in [7, 11) is 0. The third-order valence-electron chi connectivity index (χ3n) is 0.365. The second-order valence-corrected chi connectivity index (χ2v) is 1.63. The maximum atomic E-state index is 11.0. The van der Waals surface area contributed by atoms with Gasteiger partial charge in [-0.05, 0) is 6.42 Å². The Morgan fingerprint density at radius 1 is 1.67 bits per heavy atom. The van der Waals surface area contributed by atoms with Crippen LogP contribution in [0, 0.1) is 0 Å². The molecule has 0 aromatic carbocycles. The summed E-state index contributed by atoms with van der Waals surface area (Å²) in [5.74, 6) is 0. The van der Waals surface area contributed by atoms with Crippen LogP contribution in [0.3, 0.4) is 0 Å². The predicted octanol–water partition coefficient (Wildman–Crippen LogP) is 2.25. The van der Waals surface area contributed by atoms with Gasteiger partial charge in [0.05, 0.1) is 6.33 Å². The van der Waals surface area contributed by atoms with Crippen LogP contribution in [0.15, 0.2) is 12.4 Å². The second kappa shape index (κ2) is 5.15. The lowest BCUT2D eigenvalue weighted by Crippen LogP contribution is -1.60. The van der Waals surface area contributed by atoms with Crippen LogP contribution >= 0.6 is 15.9 Å². The van der Waals surface area contributed by atoms with E-state index in [1.54, 1.807) is 0 Å². The second-order valence-electron chi connectivity index (χ2n) is 0.839. The van der Waals surface area contributed by atoms with Crippen LogP contribution in [0.4, 0.5) is 4.39 Å². The molecule has 0 saturated heterocycles. The van der Waals surface area contributed by atoms with Crippen molar-refractivity contribution in [3.8, 4) is 0 Å². The van der Waals surface area contributed by atoms with E-state index in [0.29, 0.717) is 6.33 Å². The number of allylic oxidation sites excluding steroid dienone is 1. The Balaban J connectivity index is 2.66. The molecular formula is C4H6BrF. The van der Waals surface area contributed by atoms with E-state index in [-0.39, 0.29) is 0 Å². The summed E-state index contributed by atoms with van der Waals surface area (Å²) < 4.78 is 11.0. The maximum Gasteiger partial charge on any atom is 0.0827 e. The summed E-state index contributed by atoms with van der Waals surface area (Å²) in [6.45, 7) is 0. The normalized spacial score (nSPS) is 10.3. The quantitative estimate of drug-likeness (QED) is 0.533. The van der Waals surface area contributed by atoms with Gasteiger partial charge in [-0.3, -0.25) is 0 Å². The first-order valence-corrected chi connectivity index (χ1v) is 2.85. The highest BCUT2D eigenvalue weighted by atomic mass is 79.9. The number of rotatable bonds is 2. The topological polar surface area (TPSA) is 0 Å². The molecule has 0 aliphatic carbocycles. The average Bonchev–Trinajstić information content (AvgIpc) is 1.61. The van der Waals surface area contributed by atoms with Gasteiger partial charge in [-0.15, -0.1) is 0 Å². The van der Waals surface area contributed by atoms with Crippen molar-refractivity contribution < 1.29 is 4.39 Å².